The van der Waals surface area contributed by atoms with Gasteiger partial charge in [0.1, 0.15) is 8.39 Å². The van der Waals surface area contributed by atoms with Gasteiger partial charge in [-0.1, -0.05) is 6.92 Å². The van der Waals surface area contributed by atoms with Crippen molar-refractivity contribution in [3.63, 3.8) is 0 Å². The Morgan fingerprint density at radius 3 is 2.60 bits per heavy atom. The van der Waals surface area contributed by atoms with E-state index in [9.17, 15) is 0 Å². The topological polar surface area (TPSA) is 12.9 Å². The molecule has 1 aromatic heterocycles. The number of aryl methyl sites for hydroxylation is 1. The number of thiazole rings is 1. The Labute approximate surface area is 81.1 Å². The van der Waals surface area contributed by atoms with E-state index in [0.717, 1.165) is 21.2 Å². The van der Waals surface area contributed by atoms with Crippen LogP contribution < -0.4 is 0 Å². The monoisotopic (exact) mass is 283 g/mol. The molecule has 0 N–H and O–H groups in total. The van der Waals surface area contributed by atoms with Crippen LogP contribution in [0.15, 0.2) is 8.39 Å². The average molecular weight is 285 g/mol. The van der Waals surface area contributed by atoms with Gasteiger partial charge in [0, 0.05) is 0 Å². The molecule has 0 saturated carbocycles. The predicted molar refractivity (Wildman–Crippen MR) is 51.5 cm³/mol. The lowest BCUT2D eigenvalue weighted by atomic mass is 10.4. The maximum absolute atomic E-state index is 4.29. The number of nitrogens with zero attached hydrogens (tertiary/aromatic N) is 1. The molecule has 0 bridgehead atoms. The van der Waals surface area contributed by atoms with Gasteiger partial charge in [-0.3, -0.25) is 0 Å². The molecule has 1 aromatic rings. The number of hydrogen-bond acceptors (Lipinski definition) is 2. The second-order valence-electron chi connectivity index (χ2n) is 1.92. The normalized spacial score (nSPS) is 10.3. The van der Waals surface area contributed by atoms with Crippen molar-refractivity contribution >= 4 is 43.2 Å². The Balaban J connectivity index is 2.77. The van der Waals surface area contributed by atoms with E-state index in [-0.39, 0.29) is 0 Å². The van der Waals surface area contributed by atoms with Crippen LogP contribution in [0.5, 0.6) is 0 Å². The SMILES string of the molecule is CCCc1nc(Br)c(Br)s1. The van der Waals surface area contributed by atoms with Gasteiger partial charge in [0.2, 0.25) is 0 Å². The first-order chi connectivity index (χ1) is 4.74. The molecule has 0 aliphatic rings. The van der Waals surface area contributed by atoms with Gasteiger partial charge < -0.3 is 0 Å². The number of hydrogen-bond donors (Lipinski definition) is 0. The van der Waals surface area contributed by atoms with E-state index in [1.807, 2.05) is 0 Å². The minimum atomic E-state index is 0.931. The van der Waals surface area contributed by atoms with E-state index in [2.05, 4.69) is 43.8 Å². The van der Waals surface area contributed by atoms with E-state index in [1.165, 1.54) is 5.01 Å². The maximum atomic E-state index is 4.29. The van der Waals surface area contributed by atoms with Gasteiger partial charge in [-0.25, -0.2) is 4.98 Å². The van der Waals surface area contributed by atoms with Gasteiger partial charge in [-0.2, -0.15) is 0 Å². The molecule has 0 aliphatic heterocycles. The molecular weight excluding hydrogens is 278 g/mol. The van der Waals surface area contributed by atoms with Gasteiger partial charge in [-0.15, -0.1) is 11.3 Å². The standard InChI is InChI=1S/C6H7Br2NS/c1-2-3-4-9-5(7)6(8)10-4/h2-3H2,1H3. The molecule has 1 nitrogen and oxygen atoms in total. The zero-order chi connectivity index (χ0) is 7.56. The Morgan fingerprint density at radius 1 is 1.50 bits per heavy atom. The van der Waals surface area contributed by atoms with E-state index in [4.69, 9.17) is 0 Å². The zero-order valence-electron chi connectivity index (χ0n) is 5.53. The third-order valence-electron chi connectivity index (χ3n) is 1.06. The van der Waals surface area contributed by atoms with Crippen molar-refractivity contribution < 1.29 is 0 Å². The van der Waals surface area contributed by atoms with Gasteiger partial charge in [-0.05, 0) is 44.7 Å². The van der Waals surface area contributed by atoms with Crippen molar-refractivity contribution in [1.82, 2.24) is 4.98 Å². The van der Waals surface area contributed by atoms with Crippen molar-refractivity contribution in [3.8, 4) is 0 Å². The second kappa shape index (κ2) is 3.83. The molecule has 56 valence electrons. The van der Waals surface area contributed by atoms with Crippen LogP contribution in [0.25, 0.3) is 0 Å². The summed E-state index contributed by atoms with van der Waals surface area (Å²) < 4.78 is 2.02. The van der Waals surface area contributed by atoms with E-state index in [0.29, 0.717) is 0 Å². The Morgan fingerprint density at radius 2 is 2.20 bits per heavy atom. The summed E-state index contributed by atoms with van der Waals surface area (Å²) in [4.78, 5) is 4.29. The molecule has 0 radical (unpaired) electrons. The molecule has 0 saturated heterocycles. The predicted octanol–water partition coefficient (Wildman–Crippen LogP) is 3.62. The quantitative estimate of drug-likeness (QED) is 0.808. The van der Waals surface area contributed by atoms with Crippen LogP contribution in [-0.4, -0.2) is 4.98 Å². The molecule has 1 rings (SSSR count). The van der Waals surface area contributed by atoms with Crippen LogP contribution in [0.4, 0.5) is 0 Å². The van der Waals surface area contributed by atoms with Crippen molar-refractivity contribution in [2.45, 2.75) is 19.8 Å². The van der Waals surface area contributed by atoms with Gasteiger partial charge in [0.15, 0.2) is 0 Å². The zero-order valence-corrected chi connectivity index (χ0v) is 9.51. The molecule has 10 heavy (non-hydrogen) atoms. The Hall–Kier alpha value is 0.590. The van der Waals surface area contributed by atoms with Gasteiger partial charge in [0.25, 0.3) is 0 Å². The van der Waals surface area contributed by atoms with Crippen molar-refractivity contribution in [2.24, 2.45) is 0 Å². The summed E-state index contributed by atoms with van der Waals surface area (Å²) in [6.07, 6.45) is 2.24. The first kappa shape index (κ1) is 8.68. The first-order valence-corrected chi connectivity index (χ1v) is 5.45. The van der Waals surface area contributed by atoms with Crippen LogP contribution in [-0.2, 0) is 6.42 Å². The van der Waals surface area contributed by atoms with Gasteiger partial charge in [0.05, 0.1) is 5.01 Å². The number of halogens is 2. The molecule has 0 unspecified atom stereocenters. The van der Waals surface area contributed by atoms with Crippen LogP contribution in [0.2, 0.25) is 0 Å². The molecule has 0 amide bonds. The third kappa shape index (κ3) is 2.04. The lowest BCUT2D eigenvalue weighted by Gasteiger charge is -1.84. The smallest absolute Gasteiger partial charge is 0.131 e. The van der Waals surface area contributed by atoms with E-state index >= 15 is 0 Å². The molecule has 0 aromatic carbocycles. The highest BCUT2D eigenvalue weighted by atomic mass is 79.9. The summed E-state index contributed by atoms with van der Waals surface area (Å²) in [7, 11) is 0. The molecule has 1 heterocycles. The highest BCUT2D eigenvalue weighted by molar-refractivity contribution is 9.13. The molecule has 0 spiro atoms. The largest absolute Gasteiger partial charge is 0.233 e. The molecule has 4 heteroatoms. The first-order valence-electron chi connectivity index (χ1n) is 3.04. The summed E-state index contributed by atoms with van der Waals surface area (Å²) >= 11 is 8.43. The van der Waals surface area contributed by atoms with Crippen LogP contribution >= 0.6 is 43.2 Å². The minimum Gasteiger partial charge on any atom is -0.233 e. The summed E-state index contributed by atoms with van der Waals surface area (Å²) in [5.41, 5.74) is 0. The van der Waals surface area contributed by atoms with Crippen LogP contribution in [0.1, 0.15) is 18.4 Å². The summed E-state index contributed by atoms with van der Waals surface area (Å²) in [6, 6.07) is 0. The van der Waals surface area contributed by atoms with Crippen LogP contribution in [0.3, 0.4) is 0 Å². The van der Waals surface area contributed by atoms with Crippen LogP contribution in [0, 0.1) is 0 Å². The summed E-state index contributed by atoms with van der Waals surface area (Å²) in [6.45, 7) is 2.16. The Bertz CT molecular complexity index is 202. The number of rotatable bonds is 2. The summed E-state index contributed by atoms with van der Waals surface area (Å²) in [5, 5.41) is 1.20. The molecule has 0 aliphatic carbocycles. The van der Waals surface area contributed by atoms with Crippen molar-refractivity contribution in [1.29, 1.82) is 0 Å². The molecular formula is C6H7Br2NS. The lowest BCUT2D eigenvalue weighted by molar-refractivity contribution is 0.906. The van der Waals surface area contributed by atoms with E-state index in [1.54, 1.807) is 11.3 Å². The highest BCUT2D eigenvalue weighted by Gasteiger charge is 2.03. The van der Waals surface area contributed by atoms with Crippen molar-refractivity contribution in [2.75, 3.05) is 0 Å². The number of aromatic nitrogens is 1. The highest BCUT2D eigenvalue weighted by Crippen LogP contribution is 2.29. The average Bonchev–Trinajstić information content (AvgIpc) is 2.14. The summed E-state index contributed by atoms with van der Waals surface area (Å²) in [5.74, 6) is 0. The fourth-order valence-corrected chi connectivity index (χ4v) is 2.65. The fourth-order valence-electron chi connectivity index (χ4n) is 0.643. The molecule has 0 fully saturated rings. The lowest BCUT2D eigenvalue weighted by Crippen LogP contribution is -1.78. The Kier molecular flexibility index (Phi) is 3.33. The third-order valence-corrected chi connectivity index (χ3v) is 4.19. The minimum absolute atomic E-state index is 0.931. The van der Waals surface area contributed by atoms with Gasteiger partial charge >= 0.3 is 0 Å². The van der Waals surface area contributed by atoms with Crippen molar-refractivity contribution in [3.05, 3.63) is 13.4 Å². The fraction of sp³-hybridized carbons (Fsp3) is 0.500. The van der Waals surface area contributed by atoms with E-state index < -0.39 is 0 Å². The maximum Gasteiger partial charge on any atom is 0.131 e. The second-order valence-corrected chi connectivity index (χ2v) is 5.07. The molecule has 0 atom stereocenters.